The van der Waals surface area contributed by atoms with E-state index in [0.29, 0.717) is 5.92 Å². The molecular weight excluding hydrogens is 224 g/mol. The maximum atomic E-state index is 5.92. The van der Waals surface area contributed by atoms with Crippen molar-refractivity contribution in [2.75, 3.05) is 14.2 Å². The van der Waals surface area contributed by atoms with E-state index in [4.69, 9.17) is 9.47 Å². The summed E-state index contributed by atoms with van der Waals surface area (Å²) in [5.74, 6) is 0.0875. The quantitative estimate of drug-likeness (QED) is 0.688. The van der Waals surface area contributed by atoms with Gasteiger partial charge in [-0.2, -0.15) is 0 Å². The summed E-state index contributed by atoms with van der Waals surface area (Å²) >= 11 is 0. The standard InChI is InChI=1S/C16H24O2/c1-11-7-6-9-13-12-8-4-5-10-14(12)16(17-2,18-3)15(11)13/h11H,4-10H2,1-3H3. The van der Waals surface area contributed by atoms with Gasteiger partial charge in [0.2, 0.25) is 5.79 Å². The van der Waals surface area contributed by atoms with Gasteiger partial charge in [0.15, 0.2) is 0 Å². The van der Waals surface area contributed by atoms with E-state index >= 15 is 0 Å². The van der Waals surface area contributed by atoms with Gasteiger partial charge in [0.05, 0.1) is 0 Å². The first-order chi connectivity index (χ1) is 8.74. The Morgan fingerprint density at radius 1 is 0.944 bits per heavy atom. The zero-order chi connectivity index (χ0) is 12.8. The fourth-order valence-corrected chi connectivity index (χ4v) is 4.31. The van der Waals surface area contributed by atoms with Crippen LogP contribution in [0.25, 0.3) is 0 Å². The van der Waals surface area contributed by atoms with Crippen LogP contribution in [0, 0.1) is 5.92 Å². The van der Waals surface area contributed by atoms with Crippen molar-refractivity contribution in [1.29, 1.82) is 0 Å². The van der Waals surface area contributed by atoms with Crippen molar-refractivity contribution in [2.45, 2.75) is 57.7 Å². The SMILES string of the molecule is COC1(OC)C2=C(CCCC2)C2=C1C(C)CCC2. The second-order valence-electron chi connectivity index (χ2n) is 5.87. The predicted octanol–water partition coefficient (Wildman–Crippen LogP) is 3.98. The van der Waals surface area contributed by atoms with Crippen LogP contribution in [0.1, 0.15) is 51.9 Å². The summed E-state index contributed by atoms with van der Waals surface area (Å²) in [6.07, 6.45) is 8.81. The van der Waals surface area contributed by atoms with Gasteiger partial charge in [-0.25, -0.2) is 0 Å². The molecule has 0 spiro atoms. The minimum absolute atomic E-state index is 0.509. The zero-order valence-electron chi connectivity index (χ0n) is 11.8. The first-order valence-corrected chi connectivity index (χ1v) is 7.31. The fourth-order valence-electron chi connectivity index (χ4n) is 4.31. The van der Waals surface area contributed by atoms with Crippen LogP contribution in [0.3, 0.4) is 0 Å². The molecule has 0 heterocycles. The van der Waals surface area contributed by atoms with Crippen molar-refractivity contribution >= 4 is 0 Å². The van der Waals surface area contributed by atoms with Gasteiger partial charge in [0.25, 0.3) is 0 Å². The van der Waals surface area contributed by atoms with E-state index in [2.05, 4.69) is 6.92 Å². The summed E-state index contributed by atoms with van der Waals surface area (Å²) in [4.78, 5) is 0. The second-order valence-corrected chi connectivity index (χ2v) is 5.87. The molecule has 0 saturated carbocycles. The molecule has 3 rings (SSSR count). The molecule has 1 atom stereocenters. The van der Waals surface area contributed by atoms with Gasteiger partial charge in [0.1, 0.15) is 0 Å². The summed E-state index contributed by atoms with van der Waals surface area (Å²) in [7, 11) is 3.61. The minimum Gasteiger partial charge on any atom is -0.346 e. The smallest absolute Gasteiger partial charge is 0.214 e. The molecule has 0 aromatic carbocycles. The predicted molar refractivity (Wildman–Crippen MR) is 72.3 cm³/mol. The molecule has 3 aliphatic rings. The van der Waals surface area contributed by atoms with Crippen molar-refractivity contribution in [2.24, 2.45) is 5.92 Å². The monoisotopic (exact) mass is 248 g/mol. The summed E-state index contributed by atoms with van der Waals surface area (Å²) in [5.41, 5.74) is 6.07. The van der Waals surface area contributed by atoms with E-state index in [-0.39, 0.29) is 0 Å². The Labute approximate surface area is 110 Å². The minimum atomic E-state index is -0.509. The molecule has 100 valence electrons. The normalized spacial score (nSPS) is 30.5. The molecule has 2 heteroatoms. The highest BCUT2D eigenvalue weighted by atomic mass is 16.7. The summed E-state index contributed by atoms with van der Waals surface area (Å²) < 4.78 is 11.8. The Morgan fingerprint density at radius 3 is 2.33 bits per heavy atom. The number of hydrogen-bond acceptors (Lipinski definition) is 2. The zero-order valence-corrected chi connectivity index (χ0v) is 11.8. The van der Waals surface area contributed by atoms with Crippen LogP contribution >= 0.6 is 0 Å². The molecule has 2 nitrogen and oxygen atoms in total. The summed E-state index contributed by atoms with van der Waals surface area (Å²) in [5, 5.41) is 0. The molecule has 0 radical (unpaired) electrons. The molecule has 0 fully saturated rings. The lowest BCUT2D eigenvalue weighted by Gasteiger charge is -2.37. The van der Waals surface area contributed by atoms with Crippen LogP contribution in [0.4, 0.5) is 0 Å². The number of ether oxygens (including phenoxy) is 2. The maximum absolute atomic E-state index is 5.92. The van der Waals surface area contributed by atoms with E-state index < -0.39 is 5.79 Å². The van der Waals surface area contributed by atoms with Crippen LogP contribution in [-0.4, -0.2) is 20.0 Å². The molecule has 0 bridgehead atoms. The molecule has 3 aliphatic carbocycles. The number of hydrogen-bond donors (Lipinski definition) is 0. The van der Waals surface area contributed by atoms with Gasteiger partial charge in [-0.05, 0) is 73.2 Å². The molecule has 0 aromatic heterocycles. The number of rotatable bonds is 2. The highest BCUT2D eigenvalue weighted by molar-refractivity contribution is 5.56. The van der Waals surface area contributed by atoms with Crippen molar-refractivity contribution in [1.82, 2.24) is 0 Å². The molecule has 0 aliphatic heterocycles. The lowest BCUT2D eigenvalue weighted by molar-refractivity contribution is -0.156. The van der Waals surface area contributed by atoms with Crippen molar-refractivity contribution in [3.8, 4) is 0 Å². The molecule has 0 amide bonds. The number of allylic oxidation sites excluding steroid dienone is 2. The van der Waals surface area contributed by atoms with Gasteiger partial charge in [-0.15, -0.1) is 0 Å². The molecule has 0 saturated heterocycles. The van der Waals surface area contributed by atoms with Crippen molar-refractivity contribution in [3.63, 3.8) is 0 Å². The van der Waals surface area contributed by atoms with Gasteiger partial charge < -0.3 is 9.47 Å². The third-order valence-corrected chi connectivity index (χ3v) is 5.04. The van der Waals surface area contributed by atoms with Crippen LogP contribution in [0.2, 0.25) is 0 Å². The van der Waals surface area contributed by atoms with Gasteiger partial charge >= 0.3 is 0 Å². The molecular formula is C16H24O2. The second kappa shape index (κ2) is 4.50. The summed E-state index contributed by atoms with van der Waals surface area (Å²) in [6.45, 7) is 2.33. The van der Waals surface area contributed by atoms with E-state index in [0.717, 1.165) is 6.42 Å². The Kier molecular flexibility index (Phi) is 3.11. The number of fused-ring (bicyclic) bond motifs is 1. The Balaban J connectivity index is 2.15. The van der Waals surface area contributed by atoms with E-state index in [1.54, 1.807) is 25.4 Å². The largest absolute Gasteiger partial charge is 0.346 e. The lowest BCUT2D eigenvalue weighted by atomic mass is 9.81. The third kappa shape index (κ3) is 1.48. The van der Waals surface area contributed by atoms with E-state index in [1.807, 2.05) is 0 Å². The molecule has 18 heavy (non-hydrogen) atoms. The Hall–Kier alpha value is -0.600. The van der Waals surface area contributed by atoms with Gasteiger partial charge in [0, 0.05) is 14.2 Å². The highest BCUT2D eigenvalue weighted by Gasteiger charge is 2.50. The third-order valence-electron chi connectivity index (χ3n) is 5.04. The van der Waals surface area contributed by atoms with Crippen LogP contribution in [-0.2, 0) is 9.47 Å². The van der Waals surface area contributed by atoms with E-state index in [1.165, 1.54) is 49.7 Å². The van der Waals surface area contributed by atoms with Crippen molar-refractivity contribution in [3.05, 3.63) is 22.3 Å². The van der Waals surface area contributed by atoms with Gasteiger partial charge in [-0.3, -0.25) is 0 Å². The first-order valence-electron chi connectivity index (χ1n) is 7.31. The summed E-state index contributed by atoms with van der Waals surface area (Å²) in [6, 6.07) is 0. The lowest BCUT2D eigenvalue weighted by Crippen LogP contribution is -2.39. The molecule has 0 N–H and O–H groups in total. The maximum Gasteiger partial charge on any atom is 0.214 e. The first kappa shape index (κ1) is 12.4. The molecule has 1 unspecified atom stereocenters. The fraction of sp³-hybridized carbons (Fsp3) is 0.750. The van der Waals surface area contributed by atoms with Crippen LogP contribution in [0.15, 0.2) is 22.3 Å². The van der Waals surface area contributed by atoms with Crippen molar-refractivity contribution < 1.29 is 9.47 Å². The van der Waals surface area contributed by atoms with Gasteiger partial charge in [-0.1, -0.05) is 6.92 Å². The van der Waals surface area contributed by atoms with Crippen LogP contribution in [0.5, 0.6) is 0 Å². The Bertz CT molecular complexity index is 413. The van der Waals surface area contributed by atoms with Crippen LogP contribution < -0.4 is 0 Å². The topological polar surface area (TPSA) is 18.5 Å². The molecule has 0 aromatic rings. The Morgan fingerprint density at radius 2 is 1.61 bits per heavy atom. The average Bonchev–Trinajstić information content (AvgIpc) is 2.71. The van der Waals surface area contributed by atoms with E-state index in [9.17, 15) is 0 Å². The average molecular weight is 248 g/mol. The highest BCUT2D eigenvalue weighted by Crippen LogP contribution is 2.55. The number of methoxy groups -OCH3 is 2.